The Morgan fingerprint density at radius 3 is 2.24 bits per heavy atom. The van der Waals surface area contributed by atoms with Gasteiger partial charge in [0.2, 0.25) is 0 Å². The summed E-state index contributed by atoms with van der Waals surface area (Å²) in [6.07, 6.45) is 1.52. The van der Waals surface area contributed by atoms with Gasteiger partial charge in [-0.15, -0.1) is 0 Å². The van der Waals surface area contributed by atoms with Crippen molar-refractivity contribution in [2.24, 2.45) is 21.1 Å². The van der Waals surface area contributed by atoms with Crippen molar-refractivity contribution in [3.63, 3.8) is 0 Å². The van der Waals surface area contributed by atoms with E-state index in [1.54, 1.807) is 18.7 Å². The summed E-state index contributed by atoms with van der Waals surface area (Å²) in [6.45, 7) is 0. The fourth-order valence-corrected chi connectivity index (χ4v) is 1.47. The maximum atomic E-state index is 11.7. The quantitative estimate of drug-likeness (QED) is 0.628. The molecule has 0 aromatic carbocycles. The average Bonchev–Trinajstić information content (AvgIpc) is 2.67. The molecule has 2 aromatic rings. The van der Waals surface area contributed by atoms with Crippen molar-refractivity contribution in [1.82, 2.24) is 18.7 Å². The number of imidazole rings is 1. The Kier molecular flexibility index (Phi) is 4.95. The van der Waals surface area contributed by atoms with Crippen molar-refractivity contribution < 1.29 is 15.9 Å². The second kappa shape index (κ2) is 5.83. The van der Waals surface area contributed by atoms with Crippen molar-refractivity contribution in [3.8, 4) is 0 Å². The molecular weight excluding hydrogens is 361 g/mol. The number of fused-ring (bicyclic) bond motifs is 1. The van der Waals surface area contributed by atoms with Gasteiger partial charge < -0.3 is 4.57 Å². The van der Waals surface area contributed by atoms with Gasteiger partial charge in [0, 0.05) is 21.1 Å². The molecule has 0 atom stereocenters. The Bertz CT molecular complexity index is 645. The molecule has 0 unspecified atom stereocenters. The van der Waals surface area contributed by atoms with Crippen LogP contribution in [-0.4, -0.2) is 18.7 Å². The van der Waals surface area contributed by atoms with E-state index in [2.05, 4.69) is 4.98 Å². The average molecular weight is 372 g/mol. The first-order chi connectivity index (χ1) is 7.95. The second-order valence-electron chi connectivity index (χ2n) is 3.28. The van der Waals surface area contributed by atoms with E-state index in [0.717, 1.165) is 4.57 Å². The first-order valence-corrected chi connectivity index (χ1v) is 8.35. The van der Waals surface area contributed by atoms with E-state index >= 15 is 0 Å². The molecule has 2 rings (SSSR count). The van der Waals surface area contributed by atoms with Gasteiger partial charge in [-0.25, -0.2) is 9.78 Å². The van der Waals surface area contributed by atoms with Crippen molar-refractivity contribution in [3.05, 3.63) is 27.2 Å². The SMILES string of the molecule is Cn1c(=O)c2c(ncn2C)n(C)c1=O.[Cl][Pd][Cl]. The predicted molar refractivity (Wildman–Crippen MR) is 62.9 cm³/mol. The molecule has 0 radical (unpaired) electrons. The zero-order valence-electron chi connectivity index (χ0n) is 9.25. The Morgan fingerprint density at radius 1 is 1.18 bits per heavy atom. The molecule has 0 bridgehead atoms. The van der Waals surface area contributed by atoms with Gasteiger partial charge in [0.1, 0.15) is 0 Å². The van der Waals surface area contributed by atoms with E-state index in [4.69, 9.17) is 19.1 Å². The molecule has 2 heterocycles. The molecule has 9 heteroatoms. The first-order valence-electron chi connectivity index (χ1n) is 4.35. The number of aromatic nitrogens is 4. The Labute approximate surface area is 113 Å². The third kappa shape index (κ3) is 2.63. The van der Waals surface area contributed by atoms with E-state index in [1.165, 1.54) is 17.9 Å². The fraction of sp³-hybridized carbons (Fsp3) is 0.375. The molecule has 0 saturated heterocycles. The van der Waals surface area contributed by atoms with Crippen molar-refractivity contribution in [2.45, 2.75) is 0 Å². The van der Waals surface area contributed by atoms with Gasteiger partial charge in [-0.1, -0.05) is 0 Å². The third-order valence-electron chi connectivity index (χ3n) is 2.32. The molecule has 17 heavy (non-hydrogen) atoms. The van der Waals surface area contributed by atoms with Crippen LogP contribution < -0.4 is 11.2 Å². The van der Waals surface area contributed by atoms with Crippen LogP contribution >= 0.6 is 19.1 Å². The summed E-state index contributed by atoms with van der Waals surface area (Å²) in [4.78, 5) is 27.2. The molecule has 0 spiro atoms. The standard InChI is InChI=1S/C8H10N4O2.2ClH.Pd/c1-10-4-9-6-5(10)7(13)12(3)8(14)11(6)2;;;/h4H,1-3H3;2*1H;/q;;;+2/p-2. The maximum absolute atomic E-state index is 11.7. The number of hydrogen-bond acceptors (Lipinski definition) is 3. The van der Waals surface area contributed by atoms with E-state index in [-0.39, 0.29) is 27.2 Å². The molecule has 2 aromatic heterocycles. The molecule has 98 valence electrons. The Balaban J connectivity index is 0.000000437. The van der Waals surface area contributed by atoms with Gasteiger partial charge in [-0.05, 0) is 0 Å². The van der Waals surface area contributed by atoms with Crippen LogP contribution in [0.5, 0.6) is 0 Å². The molecular formula is C8H10Cl2N4O2Pd. The second-order valence-corrected chi connectivity index (χ2v) is 5.64. The molecule has 0 fully saturated rings. The summed E-state index contributed by atoms with van der Waals surface area (Å²) < 4.78 is 4.04. The molecule has 0 aliphatic heterocycles. The minimum absolute atomic E-state index is 0.106. The zero-order chi connectivity index (χ0) is 13.2. The summed E-state index contributed by atoms with van der Waals surface area (Å²) in [5.41, 5.74) is 0.180. The van der Waals surface area contributed by atoms with Gasteiger partial charge in [0.15, 0.2) is 11.2 Å². The summed E-state index contributed by atoms with van der Waals surface area (Å²) in [6, 6.07) is 0. The number of hydrogen-bond donors (Lipinski definition) is 0. The van der Waals surface area contributed by atoms with Crippen LogP contribution in [0.1, 0.15) is 0 Å². The van der Waals surface area contributed by atoms with Crippen LogP contribution in [0.3, 0.4) is 0 Å². The topological polar surface area (TPSA) is 61.8 Å². The van der Waals surface area contributed by atoms with Gasteiger partial charge in [-0.3, -0.25) is 13.9 Å². The number of aryl methyl sites for hydroxylation is 2. The monoisotopic (exact) mass is 370 g/mol. The van der Waals surface area contributed by atoms with Gasteiger partial charge >= 0.3 is 40.7 Å². The Morgan fingerprint density at radius 2 is 1.71 bits per heavy atom. The van der Waals surface area contributed by atoms with Crippen LogP contribution in [0, 0.1) is 0 Å². The predicted octanol–water partition coefficient (Wildman–Crippen LogP) is 0.347. The molecule has 0 amide bonds. The van der Waals surface area contributed by atoms with Crippen LogP contribution in [0.15, 0.2) is 15.9 Å². The molecule has 0 aliphatic carbocycles. The van der Waals surface area contributed by atoms with Gasteiger partial charge in [-0.2, -0.15) is 0 Å². The van der Waals surface area contributed by atoms with E-state index in [9.17, 15) is 9.59 Å². The summed E-state index contributed by atoms with van der Waals surface area (Å²) in [5, 5.41) is 0. The number of nitrogens with zero attached hydrogens (tertiary/aromatic N) is 4. The summed E-state index contributed by atoms with van der Waals surface area (Å²) >= 11 is -0.106. The third-order valence-corrected chi connectivity index (χ3v) is 2.32. The molecule has 0 N–H and O–H groups in total. The first kappa shape index (κ1) is 14.5. The number of rotatable bonds is 0. The van der Waals surface area contributed by atoms with Crippen LogP contribution in [0.25, 0.3) is 11.2 Å². The fourth-order valence-electron chi connectivity index (χ4n) is 1.47. The van der Waals surface area contributed by atoms with Crippen molar-refractivity contribution >= 4 is 30.2 Å². The molecule has 0 saturated carbocycles. The van der Waals surface area contributed by atoms with Crippen molar-refractivity contribution in [2.75, 3.05) is 0 Å². The van der Waals surface area contributed by atoms with E-state index in [1.807, 2.05) is 0 Å². The van der Waals surface area contributed by atoms with Gasteiger partial charge in [0.05, 0.1) is 6.33 Å². The van der Waals surface area contributed by atoms with E-state index in [0.29, 0.717) is 11.2 Å². The van der Waals surface area contributed by atoms with Crippen LogP contribution in [0.4, 0.5) is 0 Å². The van der Waals surface area contributed by atoms with E-state index < -0.39 is 0 Å². The Hall–Kier alpha value is -0.608. The van der Waals surface area contributed by atoms with Crippen LogP contribution in [0.2, 0.25) is 0 Å². The molecule has 6 nitrogen and oxygen atoms in total. The van der Waals surface area contributed by atoms with Gasteiger partial charge in [0.25, 0.3) is 5.56 Å². The normalized spacial score (nSPS) is 10.4. The van der Waals surface area contributed by atoms with Crippen LogP contribution in [-0.2, 0) is 37.1 Å². The minimum atomic E-state index is -0.360. The summed E-state index contributed by atoms with van der Waals surface area (Å²) in [5.74, 6) is 0. The summed E-state index contributed by atoms with van der Waals surface area (Å²) in [7, 11) is 14.4. The molecule has 0 aliphatic rings. The van der Waals surface area contributed by atoms with Crippen molar-refractivity contribution in [1.29, 1.82) is 0 Å². The number of halogens is 2. The zero-order valence-corrected chi connectivity index (χ0v) is 12.3.